The highest BCUT2D eigenvalue weighted by molar-refractivity contribution is 7.99. The van der Waals surface area contributed by atoms with Crippen LogP contribution in [0.15, 0.2) is 46.5 Å². The third-order valence-electron chi connectivity index (χ3n) is 3.56. The van der Waals surface area contributed by atoms with Crippen LogP contribution >= 0.6 is 11.8 Å². The van der Waals surface area contributed by atoms with Gasteiger partial charge in [-0.25, -0.2) is 4.98 Å². The van der Waals surface area contributed by atoms with Crippen LogP contribution in [0.5, 0.6) is 0 Å². The lowest BCUT2D eigenvalue weighted by Gasteiger charge is -2.23. The molecule has 1 aliphatic heterocycles. The Morgan fingerprint density at radius 3 is 2.50 bits per heavy atom. The van der Waals surface area contributed by atoms with Crippen LogP contribution in [0.4, 0.5) is 11.4 Å². The summed E-state index contributed by atoms with van der Waals surface area (Å²) < 4.78 is 1.53. The maximum atomic E-state index is 12.4. The van der Waals surface area contributed by atoms with Crippen molar-refractivity contribution in [3.05, 3.63) is 46.9 Å². The van der Waals surface area contributed by atoms with Crippen LogP contribution in [0.1, 0.15) is 6.92 Å². The van der Waals surface area contributed by atoms with Crippen molar-refractivity contribution in [1.29, 1.82) is 0 Å². The van der Waals surface area contributed by atoms with Crippen molar-refractivity contribution in [2.45, 2.75) is 18.6 Å². The van der Waals surface area contributed by atoms with Crippen molar-refractivity contribution in [2.75, 3.05) is 16.4 Å². The molecule has 1 aromatic carbocycles. The number of nitrogens with one attached hydrogen (secondary N) is 2. The van der Waals surface area contributed by atoms with Gasteiger partial charge in [-0.15, -0.1) is 0 Å². The fourth-order valence-corrected chi connectivity index (χ4v) is 3.46. The van der Waals surface area contributed by atoms with Crippen LogP contribution in [0.25, 0.3) is 0 Å². The van der Waals surface area contributed by atoms with E-state index in [-0.39, 0.29) is 23.3 Å². The van der Waals surface area contributed by atoms with Crippen LogP contribution in [-0.2, 0) is 16.1 Å². The highest BCUT2D eigenvalue weighted by Gasteiger charge is 2.26. The first-order valence-corrected chi connectivity index (χ1v) is 8.38. The van der Waals surface area contributed by atoms with Crippen molar-refractivity contribution in [3.63, 3.8) is 0 Å². The molecule has 7 nitrogen and oxygen atoms in total. The van der Waals surface area contributed by atoms with Gasteiger partial charge in [-0.3, -0.25) is 19.0 Å². The predicted molar refractivity (Wildman–Crippen MR) is 92.1 cm³/mol. The first-order valence-electron chi connectivity index (χ1n) is 7.40. The summed E-state index contributed by atoms with van der Waals surface area (Å²) in [6, 6.07) is 8.28. The standard InChI is InChI=1S/C16H16N4O3S/c1-10(21)18-12-2-4-13(5-3-12)19-15(23)11-8-20-14(22)6-7-17-16(20)24-9-11/h2-7,11H,8-9H2,1H3,(H,18,21)(H,19,23). The maximum Gasteiger partial charge on any atom is 0.254 e. The zero-order chi connectivity index (χ0) is 17.1. The number of rotatable bonds is 3. The van der Waals surface area contributed by atoms with E-state index >= 15 is 0 Å². The third kappa shape index (κ3) is 3.65. The van der Waals surface area contributed by atoms with Crippen LogP contribution in [0.3, 0.4) is 0 Å². The van der Waals surface area contributed by atoms with E-state index in [1.54, 1.807) is 24.3 Å². The molecule has 1 aromatic heterocycles. The fourth-order valence-electron chi connectivity index (χ4n) is 2.39. The molecule has 0 saturated heterocycles. The van der Waals surface area contributed by atoms with E-state index in [9.17, 15) is 14.4 Å². The molecule has 1 unspecified atom stereocenters. The van der Waals surface area contributed by atoms with E-state index in [0.29, 0.717) is 28.8 Å². The van der Waals surface area contributed by atoms with Gasteiger partial charge in [0.1, 0.15) is 0 Å². The Morgan fingerprint density at radius 2 is 1.83 bits per heavy atom. The summed E-state index contributed by atoms with van der Waals surface area (Å²) in [6.07, 6.45) is 1.48. The molecule has 0 saturated carbocycles. The summed E-state index contributed by atoms with van der Waals surface area (Å²) in [4.78, 5) is 39.4. The second kappa shape index (κ2) is 6.88. The number of aromatic nitrogens is 2. The summed E-state index contributed by atoms with van der Waals surface area (Å²) in [5, 5.41) is 6.15. The molecule has 0 fully saturated rings. The molecule has 24 heavy (non-hydrogen) atoms. The van der Waals surface area contributed by atoms with E-state index < -0.39 is 0 Å². The zero-order valence-corrected chi connectivity index (χ0v) is 13.8. The fraction of sp³-hybridized carbons (Fsp3) is 0.250. The number of amides is 2. The molecule has 124 valence electrons. The van der Waals surface area contributed by atoms with Gasteiger partial charge in [-0.05, 0) is 24.3 Å². The maximum absolute atomic E-state index is 12.4. The Kier molecular flexibility index (Phi) is 4.66. The lowest BCUT2D eigenvalue weighted by Crippen LogP contribution is -2.36. The minimum atomic E-state index is -0.306. The Balaban J connectivity index is 1.66. The summed E-state index contributed by atoms with van der Waals surface area (Å²) in [6.45, 7) is 1.76. The molecule has 2 amide bonds. The van der Waals surface area contributed by atoms with Crippen LogP contribution in [0.2, 0.25) is 0 Å². The third-order valence-corrected chi connectivity index (χ3v) is 4.71. The molecular formula is C16H16N4O3S. The summed E-state index contributed by atoms with van der Waals surface area (Å²) in [5.41, 5.74) is 1.16. The zero-order valence-electron chi connectivity index (χ0n) is 13.0. The summed E-state index contributed by atoms with van der Waals surface area (Å²) in [7, 11) is 0. The lowest BCUT2D eigenvalue weighted by atomic mass is 10.1. The van der Waals surface area contributed by atoms with Gasteiger partial charge in [0.15, 0.2) is 5.16 Å². The van der Waals surface area contributed by atoms with Gasteiger partial charge in [0.05, 0.1) is 5.92 Å². The molecule has 2 N–H and O–H groups in total. The van der Waals surface area contributed by atoms with Gasteiger partial charge >= 0.3 is 0 Å². The molecule has 1 aliphatic rings. The minimum Gasteiger partial charge on any atom is -0.326 e. The largest absolute Gasteiger partial charge is 0.326 e. The number of fused-ring (bicyclic) bond motifs is 1. The van der Waals surface area contributed by atoms with E-state index in [0.717, 1.165) is 0 Å². The van der Waals surface area contributed by atoms with Crippen LogP contribution in [0, 0.1) is 5.92 Å². The Hall–Kier alpha value is -2.61. The SMILES string of the molecule is CC(=O)Nc1ccc(NC(=O)C2CSc3nccc(=O)n3C2)cc1. The molecule has 0 aliphatic carbocycles. The number of thioether (sulfide) groups is 1. The highest BCUT2D eigenvalue weighted by Crippen LogP contribution is 2.25. The van der Waals surface area contributed by atoms with Crippen molar-refractivity contribution >= 4 is 35.0 Å². The number of hydrogen-bond donors (Lipinski definition) is 2. The average Bonchev–Trinajstić information content (AvgIpc) is 2.56. The summed E-state index contributed by atoms with van der Waals surface area (Å²) in [5.74, 6) is -0.0222. The Labute approximate surface area is 142 Å². The normalized spacial score (nSPS) is 16.1. The molecule has 3 rings (SSSR count). The van der Waals surface area contributed by atoms with Gasteiger partial charge in [0, 0.05) is 42.9 Å². The van der Waals surface area contributed by atoms with Crippen molar-refractivity contribution in [2.24, 2.45) is 5.92 Å². The second-order valence-electron chi connectivity index (χ2n) is 5.43. The predicted octanol–water partition coefficient (Wildman–Crippen LogP) is 1.56. The first-order chi connectivity index (χ1) is 11.5. The van der Waals surface area contributed by atoms with E-state index in [2.05, 4.69) is 15.6 Å². The van der Waals surface area contributed by atoms with Crippen molar-refractivity contribution in [1.82, 2.24) is 9.55 Å². The second-order valence-corrected chi connectivity index (χ2v) is 6.42. The number of benzene rings is 1. The monoisotopic (exact) mass is 344 g/mol. The van der Waals surface area contributed by atoms with Gasteiger partial charge in [-0.1, -0.05) is 11.8 Å². The molecule has 0 bridgehead atoms. The number of hydrogen-bond acceptors (Lipinski definition) is 5. The number of anilines is 2. The molecule has 8 heteroatoms. The Morgan fingerprint density at radius 1 is 1.17 bits per heavy atom. The van der Waals surface area contributed by atoms with Gasteiger partial charge < -0.3 is 10.6 Å². The molecule has 0 radical (unpaired) electrons. The smallest absolute Gasteiger partial charge is 0.254 e. The number of carbonyl (C=O) groups is 2. The molecule has 2 aromatic rings. The summed E-state index contributed by atoms with van der Waals surface area (Å²) >= 11 is 1.40. The van der Waals surface area contributed by atoms with Crippen LogP contribution in [-0.4, -0.2) is 27.1 Å². The van der Waals surface area contributed by atoms with E-state index in [1.807, 2.05) is 0 Å². The quantitative estimate of drug-likeness (QED) is 0.824. The van der Waals surface area contributed by atoms with Crippen molar-refractivity contribution < 1.29 is 9.59 Å². The molecule has 2 heterocycles. The lowest BCUT2D eigenvalue weighted by molar-refractivity contribution is -0.119. The van der Waals surface area contributed by atoms with Crippen molar-refractivity contribution in [3.8, 4) is 0 Å². The Bertz CT molecular complexity index is 832. The van der Waals surface area contributed by atoms with E-state index in [1.165, 1.54) is 35.5 Å². The topological polar surface area (TPSA) is 93.1 Å². The minimum absolute atomic E-state index is 0.142. The van der Waals surface area contributed by atoms with Gasteiger partial charge in [-0.2, -0.15) is 0 Å². The van der Waals surface area contributed by atoms with Gasteiger partial charge in [0.2, 0.25) is 11.8 Å². The highest BCUT2D eigenvalue weighted by atomic mass is 32.2. The van der Waals surface area contributed by atoms with Gasteiger partial charge in [0.25, 0.3) is 5.56 Å². The molecular weight excluding hydrogens is 328 g/mol. The molecule has 1 atom stereocenters. The van der Waals surface area contributed by atoms with E-state index in [4.69, 9.17) is 0 Å². The average molecular weight is 344 g/mol. The first kappa shape index (κ1) is 16.3. The van der Waals surface area contributed by atoms with Crippen LogP contribution < -0.4 is 16.2 Å². The number of nitrogens with zero attached hydrogens (tertiary/aromatic N) is 2. The molecule has 0 spiro atoms. The number of carbonyl (C=O) groups excluding carboxylic acids is 2.